The first-order valence-electron chi connectivity index (χ1n) is 8.43. The lowest BCUT2D eigenvalue weighted by molar-refractivity contribution is -0.219. The van der Waals surface area contributed by atoms with Gasteiger partial charge in [0.25, 0.3) is 0 Å². The molecule has 5 nitrogen and oxygen atoms in total. The smallest absolute Gasteiger partial charge is 0.193 e. The van der Waals surface area contributed by atoms with E-state index in [9.17, 15) is 20.1 Å². The molecule has 0 aromatic heterocycles. The third kappa shape index (κ3) is 2.51. The van der Waals surface area contributed by atoms with Crippen molar-refractivity contribution in [2.75, 3.05) is 0 Å². The van der Waals surface area contributed by atoms with Crippen molar-refractivity contribution in [3.63, 3.8) is 0 Å². The highest BCUT2D eigenvalue weighted by Crippen LogP contribution is 2.38. The van der Waals surface area contributed by atoms with E-state index in [1.807, 2.05) is 30.3 Å². The van der Waals surface area contributed by atoms with Gasteiger partial charge in [-0.1, -0.05) is 42.5 Å². The van der Waals surface area contributed by atoms with Crippen LogP contribution in [0.5, 0.6) is 0 Å². The molecule has 25 heavy (non-hydrogen) atoms. The van der Waals surface area contributed by atoms with E-state index in [0.717, 1.165) is 11.1 Å². The van der Waals surface area contributed by atoms with E-state index in [0.29, 0.717) is 23.1 Å². The lowest BCUT2D eigenvalue weighted by Gasteiger charge is -2.40. The maximum absolute atomic E-state index is 13.1. The Kier molecular flexibility index (Phi) is 3.96. The Hall–Kier alpha value is -2.05. The van der Waals surface area contributed by atoms with Gasteiger partial charge in [-0.15, -0.1) is 0 Å². The zero-order chi connectivity index (χ0) is 17.7. The van der Waals surface area contributed by atoms with Gasteiger partial charge in [0.15, 0.2) is 5.78 Å². The van der Waals surface area contributed by atoms with Crippen LogP contribution in [-0.4, -0.2) is 45.5 Å². The minimum absolute atomic E-state index is 0.100. The highest BCUT2D eigenvalue weighted by molar-refractivity contribution is 6.13. The van der Waals surface area contributed by atoms with Gasteiger partial charge in [0.1, 0.15) is 24.4 Å². The Bertz CT molecular complexity index is 831. The van der Waals surface area contributed by atoms with E-state index in [2.05, 4.69) is 0 Å². The largest absolute Gasteiger partial charge is 0.388 e. The standard InChI is InChI=1S/C20H20O5/c1-10-16(21)18(23)19(24)20(25-10)14-8-4-6-12-9-11-5-2-3-7-13(11)17(22)15(12)14/h2-8,10,16,18-21,23-24H,9H2,1H3/t10-,16-,18+,19+,20?/m0/s1. The van der Waals surface area contributed by atoms with Crippen LogP contribution in [0.15, 0.2) is 42.5 Å². The molecular weight excluding hydrogens is 320 g/mol. The first-order valence-corrected chi connectivity index (χ1v) is 8.43. The molecule has 1 aliphatic carbocycles. The van der Waals surface area contributed by atoms with E-state index >= 15 is 0 Å². The fraction of sp³-hybridized carbons (Fsp3) is 0.350. The molecule has 4 rings (SSSR count). The van der Waals surface area contributed by atoms with E-state index in [1.54, 1.807) is 19.1 Å². The third-order valence-corrected chi connectivity index (χ3v) is 5.21. The fourth-order valence-corrected chi connectivity index (χ4v) is 3.83. The Labute approximate surface area is 145 Å². The number of ketones is 1. The molecule has 2 aliphatic rings. The summed E-state index contributed by atoms with van der Waals surface area (Å²) in [7, 11) is 0. The average molecular weight is 340 g/mol. The molecule has 2 aromatic rings. The number of rotatable bonds is 1. The van der Waals surface area contributed by atoms with Crippen molar-refractivity contribution >= 4 is 5.78 Å². The molecule has 0 amide bonds. The molecule has 2 aromatic carbocycles. The normalized spacial score (nSPS) is 31.4. The second-order valence-electron chi connectivity index (χ2n) is 6.78. The summed E-state index contributed by atoms with van der Waals surface area (Å²) in [5, 5.41) is 30.4. The summed E-state index contributed by atoms with van der Waals surface area (Å²) >= 11 is 0. The van der Waals surface area contributed by atoms with Gasteiger partial charge in [0.05, 0.1) is 6.10 Å². The molecule has 1 heterocycles. The highest BCUT2D eigenvalue weighted by Gasteiger charge is 2.44. The van der Waals surface area contributed by atoms with Gasteiger partial charge in [-0.25, -0.2) is 0 Å². The van der Waals surface area contributed by atoms with Crippen molar-refractivity contribution in [3.8, 4) is 0 Å². The molecule has 1 fully saturated rings. The van der Waals surface area contributed by atoms with Crippen molar-refractivity contribution in [2.45, 2.75) is 43.9 Å². The number of aliphatic hydroxyl groups is 3. The SMILES string of the molecule is C[C@@H]1OC(c2cccc3c2C(=O)c2ccccc2C3)[C@H](O)[C@H](O)[C@H]1O. The summed E-state index contributed by atoms with van der Waals surface area (Å²) in [6, 6.07) is 13.0. The van der Waals surface area contributed by atoms with Crippen LogP contribution in [0.4, 0.5) is 0 Å². The summed E-state index contributed by atoms with van der Waals surface area (Å²) in [6.45, 7) is 1.64. The predicted octanol–water partition coefficient (Wildman–Crippen LogP) is 1.36. The molecule has 5 atom stereocenters. The van der Waals surface area contributed by atoms with Crippen LogP contribution in [0.3, 0.4) is 0 Å². The predicted molar refractivity (Wildman–Crippen MR) is 90.4 cm³/mol. The number of benzene rings is 2. The van der Waals surface area contributed by atoms with Crippen molar-refractivity contribution in [2.24, 2.45) is 0 Å². The number of fused-ring (bicyclic) bond motifs is 2. The molecule has 130 valence electrons. The maximum atomic E-state index is 13.1. The quantitative estimate of drug-likeness (QED) is 0.623. The van der Waals surface area contributed by atoms with E-state index in [-0.39, 0.29) is 5.78 Å². The minimum Gasteiger partial charge on any atom is -0.388 e. The van der Waals surface area contributed by atoms with Crippen LogP contribution in [0, 0.1) is 0 Å². The summed E-state index contributed by atoms with van der Waals surface area (Å²) in [6.07, 6.45) is -4.67. The van der Waals surface area contributed by atoms with Crippen LogP contribution in [0.2, 0.25) is 0 Å². The van der Waals surface area contributed by atoms with Crippen LogP contribution in [0.25, 0.3) is 0 Å². The van der Waals surface area contributed by atoms with Crippen molar-refractivity contribution in [1.29, 1.82) is 0 Å². The fourth-order valence-electron chi connectivity index (χ4n) is 3.83. The number of hydrogen-bond acceptors (Lipinski definition) is 5. The Balaban J connectivity index is 1.81. The van der Waals surface area contributed by atoms with Crippen LogP contribution in [0.1, 0.15) is 45.6 Å². The van der Waals surface area contributed by atoms with E-state index < -0.39 is 30.5 Å². The molecular formula is C20H20O5. The lowest BCUT2D eigenvalue weighted by atomic mass is 9.79. The average Bonchev–Trinajstić information content (AvgIpc) is 2.63. The van der Waals surface area contributed by atoms with Crippen molar-refractivity contribution < 1.29 is 24.9 Å². The Morgan fingerprint density at radius 3 is 2.44 bits per heavy atom. The van der Waals surface area contributed by atoms with Crippen molar-refractivity contribution in [3.05, 3.63) is 70.3 Å². The first-order chi connectivity index (χ1) is 12.0. The van der Waals surface area contributed by atoms with Crippen molar-refractivity contribution in [1.82, 2.24) is 0 Å². The monoisotopic (exact) mass is 340 g/mol. The topological polar surface area (TPSA) is 87.0 Å². The zero-order valence-corrected chi connectivity index (χ0v) is 13.8. The second-order valence-corrected chi connectivity index (χ2v) is 6.78. The summed E-state index contributed by atoms with van der Waals surface area (Å²) < 4.78 is 5.76. The molecule has 1 aliphatic heterocycles. The van der Waals surface area contributed by atoms with Gasteiger partial charge >= 0.3 is 0 Å². The minimum atomic E-state index is -1.32. The summed E-state index contributed by atoms with van der Waals surface area (Å²) in [5.74, 6) is -0.100. The first kappa shape index (κ1) is 16.4. The molecule has 1 saturated heterocycles. The maximum Gasteiger partial charge on any atom is 0.193 e. The highest BCUT2D eigenvalue weighted by atomic mass is 16.5. The summed E-state index contributed by atoms with van der Waals surface area (Å²) in [4.78, 5) is 13.1. The van der Waals surface area contributed by atoms with Gasteiger partial charge in [-0.2, -0.15) is 0 Å². The number of hydrogen-bond donors (Lipinski definition) is 3. The van der Waals surface area contributed by atoms with Crippen LogP contribution < -0.4 is 0 Å². The molecule has 3 N–H and O–H groups in total. The molecule has 1 unspecified atom stereocenters. The van der Waals surface area contributed by atoms with Gasteiger partial charge in [0, 0.05) is 11.1 Å². The molecule has 0 bridgehead atoms. The Morgan fingerprint density at radius 2 is 1.64 bits per heavy atom. The number of ether oxygens (including phenoxy) is 1. The molecule has 0 radical (unpaired) electrons. The van der Waals surface area contributed by atoms with Gasteiger partial charge in [-0.05, 0) is 30.0 Å². The van der Waals surface area contributed by atoms with E-state index in [4.69, 9.17) is 4.74 Å². The van der Waals surface area contributed by atoms with Gasteiger partial charge in [0.2, 0.25) is 0 Å². The molecule has 0 saturated carbocycles. The second kappa shape index (κ2) is 6.04. The third-order valence-electron chi connectivity index (χ3n) is 5.21. The molecule has 5 heteroatoms. The zero-order valence-electron chi connectivity index (χ0n) is 13.8. The number of carbonyl (C=O) groups excluding carboxylic acids is 1. The van der Waals surface area contributed by atoms with E-state index in [1.165, 1.54) is 0 Å². The number of carbonyl (C=O) groups is 1. The van der Waals surface area contributed by atoms with Gasteiger partial charge in [-0.3, -0.25) is 4.79 Å². The van der Waals surface area contributed by atoms with Crippen LogP contribution in [-0.2, 0) is 11.2 Å². The summed E-state index contributed by atoms with van der Waals surface area (Å²) in [5.41, 5.74) is 3.60. The molecule has 0 spiro atoms. The lowest BCUT2D eigenvalue weighted by Crippen LogP contribution is -2.53. The van der Waals surface area contributed by atoms with Gasteiger partial charge < -0.3 is 20.1 Å². The number of aliphatic hydroxyl groups excluding tert-OH is 3. The van der Waals surface area contributed by atoms with Crippen LogP contribution >= 0.6 is 0 Å². The Morgan fingerprint density at radius 1 is 0.920 bits per heavy atom.